The summed E-state index contributed by atoms with van der Waals surface area (Å²) in [5.74, 6) is -1.63. The summed E-state index contributed by atoms with van der Waals surface area (Å²) in [7, 11) is 9.78. The first kappa shape index (κ1) is 18.3. The van der Waals surface area contributed by atoms with Gasteiger partial charge in [-0.2, -0.15) is 13.2 Å². The Morgan fingerprint density at radius 1 is 1.00 bits per heavy atom. The first-order chi connectivity index (χ1) is 9.79. The molecule has 1 aromatic carbocycles. The number of hydrogen-bond donors (Lipinski definition) is 0. The summed E-state index contributed by atoms with van der Waals surface area (Å²) in [5, 5.41) is 0. The average molecular weight is 522 g/mol. The molecule has 0 spiro atoms. The van der Waals surface area contributed by atoms with Gasteiger partial charge in [0.15, 0.2) is 0 Å². The van der Waals surface area contributed by atoms with E-state index in [0.717, 1.165) is 24.3 Å². The van der Waals surface area contributed by atoms with Crippen molar-refractivity contribution in [3.05, 3.63) is 53.7 Å². The van der Waals surface area contributed by atoms with E-state index in [0.29, 0.717) is 12.3 Å². The van der Waals surface area contributed by atoms with Gasteiger partial charge in [0, 0.05) is 17.8 Å². The molecule has 0 N–H and O–H groups in total. The van der Waals surface area contributed by atoms with Gasteiger partial charge in [-0.25, -0.2) is 8.78 Å². The third-order valence-corrected chi connectivity index (χ3v) is 2.30. The average Bonchev–Trinajstić information content (AvgIpc) is 2.39. The van der Waals surface area contributed by atoms with Gasteiger partial charge in [-0.1, -0.05) is 0 Å². The van der Waals surface area contributed by atoms with Crippen molar-refractivity contribution < 1.29 is 37.6 Å². The molecule has 1 nitrogen and oxygen atoms in total. The second-order valence-corrected chi connectivity index (χ2v) is 7.06. The van der Waals surface area contributed by atoms with Crippen LogP contribution in [0.4, 0.5) is 22.0 Å². The molecule has 1 heterocycles. The Labute approximate surface area is 133 Å². The van der Waals surface area contributed by atoms with Gasteiger partial charge in [0.05, 0.1) is 11.3 Å². The molecule has 0 radical (unpaired) electrons. The van der Waals surface area contributed by atoms with Crippen molar-refractivity contribution in [2.75, 3.05) is 0 Å². The van der Waals surface area contributed by atoms with E-state index in [2.05, 4.69) is 4.98 Å². The SMILES string of the molecule is Fc1ccc(-c2ccc(C(F)(F)F)cn2)c(F)c1.[Cl][Ir][Cl]. The number of pyridine rings is 1. The Morgan fingerprint density at radius 3 is 2.05 bits per heavy atom. The Morgan fingerprint density at radius 2 is 1.62 bits per heavy atom. The zero-order valence-electron chi connectivity index (χ0n) is 9.89. The van der Waals surface area contributed by atoms with Crippen LogP contribution in [0.1, 0.15) is 5.56 Å². The number of aromatic nitrogens is 1. The molecule has 21 heavy (non-hydrogen) atoms. The second kappa shape index (κ2) is 8.03. The van der Waals surface area contributed by atoms with E-state index in [1.807, 2.05) is 0 Å². The quantitative estimate of drug-likeness (QED) is 0.456. The van der Waals surface area contributed by atoms with Crippen molar-refractivity contribution in [1.82, 2.24) is 4.98 Å². The third kappa shape index (κ3) is 5.51. The predicted molar refractivity (Wildman–Crippen MR) is 66.3 cm³/mol. The number of nitrogens with zero attached hydrogens (tertiary/aromatic N) is 1. The van der Waals surface area contributed by atoms with Crippen LogP contribution in [0.3, 0.4) is 0 Å². The van der Waals surface area contributed by atoms with E-state index in [1.54, 1.807) is 0 Å². The monoisotopic (exact) mass is 522 g/mol. The van der Waals surface area contributed by atoms with Gasteiger partial charge in [0.25, 0.3) is 0 Å². The van der Waals surface area contributed by atoms with E-state index in [9.17, 15) is 22.0 Å². The molecular weight excluding hydrogens is 516 g/mol. The van der Waals surface area contributed by atoms with Crippen LogP contribution in [0.25, 0.3) is 11.3 Å². The summed E-state index contributed by atoms with van der Waals surface area (Å²) in [4.78, 5) is 3.52. The van der Waals surface area contributed by atoms with Crippen LogP contribution in [-0.4, -0.2) is 4.98 Å². The molecule has 0 saturated heterocycles. The van der Waals surface area contributed by atoms with Crippen LogP contribution in [-0.2, 0) is 21.8 Å². The summed E-state index contributed by atoms with van der Waals surface area (Å²) in [6, 6.07) is 4.62. The van der Waals surface area contributed by atoms with Gasteiger partial charge < -0.3 is 0 Å². The van der Waals surface area contributed by atoms with Crippen LogP contribution in [0.2, 0.25) is 0 Å². The van der Waals surface area contributed by atoms with E-state index < -0.39 is 39.0 Å². The van der Waals surface area contributed by atoms with E-state index in [4.69, 9.17) is 19.2 Å². The van der Waals surface area contributed by atoms with Crippen molar-refractivity contribution >= 4 is 19.2 Å². The van der Waals surface area contributed by atoms with Gasteiger partial charge in [-0.3, -0.25) is 4.98 Å². The summed E-state index contributed by atoms with van der Waals surface area (Å²) in [6.07, 6.45) is -3.88. The number of rotatable bonds is 1. The summed E-state index contributed by atoms with van der Waals surface area (Å²) in [5.41, 5.74) is -0.959. The molecule has 0 unspecified atom stereocenters. The Bertz CT molecular complexity index is 589. The molecule has 0 aliphatic heterocycles. The van der Waals surface area contributed by atoms with Gasteiger partial charge in [-0.05, 0) is 24.3 Å². The van der Waals surface area contributed by atoms with Crippen molar-refractivity contribution in [2.24, 2.45) is 0 Å². The second-order valence-electron chi connectivity index (χ2n) is 3.60. The number of alkyl halides is 3. The number of benzene rings is 1. The predicted octanol–water partition coefficient (Wildman–Crippen LogP) is 5.42. The zero-order valence-corrected chi connectivity index (χ0v) is 13.8. The fraction of sp³-hybridized carbons (Fsp3) is 0.0833. The molecule has 0 atom stereocenters. The Kier molecular flexibility index (Phi) is 7.00. The van der Waals surface area contributed by atoms with Gasteiger partial charge >= 0.3 is 41.0 Å². The minimum absolute atomic E-state index is 0.0144. The molecule has 9 heteroatoms. The summed E-state index contributed by atoms with van der Waals surface area (Å²) in [6.45, 7) is 0. The molecule has 0 aliphatic rings. The molecular formula is C12H6Cl2F5IrN. The van der Waals surface area contributed by atoms with Gasteiger partial charge in [0.1, 0.15) is 11.6 Å². The zero-order chi connectivity index (χ0) is 16.0. The maximum absolute atomic E-state index is 13.4. The van der Waals surface area contributed by atoms with E-state index in [1.165, 1.54) is 0 Å². The van der Waals surface area contributed by atoms with Crippen molar-refractivity contribution in [2.45, 2.75) is 6.18 Å². The van der Waals surface area contributed by atoms with Gasteiger partial charge in [0.2, 0.25) is 0 Å². The molecule has 2 aromatic rings. The molecule has 0 aliphatic carbocycles. The molecule has 0 bridgehead atoms. The van der Waals surface area contributed by atoms with E-state index in [-0.39, 0.29) is 11.3 Å². The molecule has 1 aromatic heterocycles. The topological polar surface area (TPSA) is 12.9 Å². The first-order valence-corrected chi connectivity index (χ1v) is 11.1. The Hall–Kier alpha value is -0.751. The minimum atomic E-state index is -4.49. The van der Waals surface area contributed by atoms with Crippen LogP contribution < -0.4 is 0 Å². The van der Waals surface area contributed by atoms with Crippen LogP contribution >= 0.6 is 19.2 Å². The first-order valence-electron chi connectivity index (χ1n) is 5.12. The fourth-order valence-electron chi connectivity index (χ4n) is 1.42. The normalized spacial score (nSPS) is 11.0. The van der Waals surface area contributed by atoms with Crippen LogP contribution in [0.15, 0.2) is 36.5 Å². The molecule has 2 rings (SSSR count). The van der Waals surface area contributed by atoms with Crippen molar-refractivity contribution in [3.63, 3.8) is 0 Å². The summed E-state index contributed by atoms with van der Waals surface area (Å²) >= 11 is -0.556. The fourth-order valence-corrected chi connectivity index (χ4v) is 1.42. The molecule has 117 valence electrons. The number of halogens is 7. The molecule has 0 amide bonds. The molecule has 0 saturated carbocycles. The maximum atomic E-state index is 13.4. The van der Waals surface area contributed by atoms with Crippen molar-refractivity contribution in [1.29, 1.82) is 0 Å². The van der Waals surface area contributed by atoms with E-state index >= 15 is 0 Å². The molecule has 0 fully saturated rings. The van der Waals surface area contributed by atoms with Gasteiger partial charge in [-0.15, -0.1) is 0 Å². The Balaban J connectivity index is 0.000000677. The summed E-state index contributed by atoms with van der Waals surface area (Å²) < 4.78 is 62.9. The number of hydrogen-bond acceptors (Lipinski definition) is 1. The van der Waals surface area contributed by atoms with Crippen LogP contribution in [0, 0.1) is 11.6 Å². The van der Waals surface area contributed by atoms with Crippen molar-refractivity contribution in [3.8, 4) is 11.3 Å². The standard InChI is InChI=1S/C12H6F5N.2ClH.Ir/c13-8-2-3-9(10(14)5-8)11-4-1-7(6-18-11)12(15,16)17;;;/h1-6H;2*1H;/q;;;+2/p-2. The van der Waals surface area contributed by atoms with Crippen LogP contribution in [0.5, 0.6) is 0 Å². The third-order valence-electron chi connectivity index (χ3n) is 2.30.